The standard InChI is InChI=1S/C7H2BrCl2FO2/c8-2-1-3(9)4(7(12)13)6(11)5(2)10/h1H,(H,12,13). The molecular weight excluding hydrogens is 286 g/mol. The van der Waals surface area contributed by atoms with Crippen molar-refractivity contribution in [3.05, 3.63) is 32.0 Å². The van der Waals surface area contributed by atoms with E-state index in [4.69, 9.17) is 28.3 Å². The van der Waals surface area contributed by atoms with Crippen molar-refractivity contribution in [3.63, 3.8) is 0 Å². The van der Waals surface area contributed by atoms with Gasteiger partial charge >= 0.3 is 5.97 Å². The fraction of sp³-hybridized carbons (Fsp3) is 0. The molecule has 0 aromatic heterocycles. The third-order valence-electron chi connectivity index (χ3n) is 1.33. The van der Waals surface area contributed by atoms with Crippen molar-refractivity contribution in [1.29, 1.82) is 0 Å². The molecule has 0 aliphatic carbocycles. The molecule has 0 bridgehead atoms. The highest BCUT2D eigenvalue weighted by atomic mass is 79.9. The Morgan fingerprint density at radius 3 is 2.54 bits per heavy atom. The summed E-state index contributed by atoms with van der Waals surface area (Å²) in [7, 11) is 0. The summed E-state index contributed by atoms with van der Waals surface area (Å²) in [5.41, 5.74) is -0.616. The van der Waals surface area contributed by atoms with Crippen LogP contribution in [-0.2, 0) is 0 Å². The lowest BCUT2D eigenvalue weighted by Gasteiger charge is -2.04. The Bertz CT molecular complexity index is 381. The van der Waals surface area contributed by atoms with E-state index in [1.54, 1.807) is 0 Å². The van der Waals surface area contributed by atoms with Crippen molar-refractivity contribution in [2.45, 2.75) is 0 Å². The number of carbonyl (C=O) groups is 1. The predicted octanol–water partition coefficient (Wildman–Crippen LogP) is 3.59. The molecule has 1 N–H and O–H groups in total. The van der Waals surface area contributed by atoms with Crippen LogP contribution in [0.1, 0.15) is 10.4 Å². The zero-order valence-electron chi connectivity index (χ0n) is 5.94. The van der Waals surface area contributed by atoms with Crippen LogP contribution in [0.3, 0.4) is 0 Å². The molecule has 0 radical (unpaired) electrons. The monoisotopic (exact) mass is 286 g/mol. The highest BCUT2D eigenvalue weighted by molar-refractivity contribution is 9.10. The number of halogens is 4. The predicted molar refractivity (Wildman–Crippen MR) is 51.1 cm³/mol. The average Bonchev–Trinajstić information content (AvgIpc) is 1.99. The molecule has 0 fully saturated rings. The second-order valence-electron chi connectivity index (χ2n) is 2.15. The van der Waals surface area contributed by atoms with Gasteiger partial charge in [0.1, 0.15) is 5.56 Å². The first-order chi connectivity index (χ1) is 5.95. The first-order valence-corrected chi connectivity index (χ1v) is 4.56. The molecule has 6 heteroatoms. The van der Waals surface area contributed by atoms with Crippen LogP contribution in [0.15, 0.2) is 10.5 Å². The third kappa shape index (κ3) is 1.95. The fourth-order valence-electron chi connectivity index (χ4n) is 0.762. The quantitative estimate of drug-likeness (QED) is 0.633. The van der Waals surface area contributed by atoms with Crippen molar-refractivity contribution in [2.75, 3.05) is 0 Å². The van der Waals surface area contributed by atoms with E-state index in [0.29, 0.717) is 0 Å². The Hall–Kier alpha value is -0.320. The zero-order chi connectivity index (χ0) is 10.2. The maximum absolute atomic E-state index is 13.1. The molecule has 0 saturated carbocycles. The largest absolute Gasteiger partial charge is 0.478 e. The molecule has 0 amide bonds. The van der Waals surface area contributed by atoms with E-state index in [-0.39, 0.29) is 14.5 Å². The van der Waals surface area contributed by atoms with Gasteiger partial charge in [0.05, 0.1) is 10.0 Å². The molecule has 0 spiro atoms. The van der Waals surface area contributed by atoms with Gasteiger partial charge in [0.25, 0.3) is 0 Å². The van der Waals surface area contributed by atoms with Crippen molar-refractivity contribution in [1.82, 2.24) is 0 Å². The van der Waals surface area contributed by atoms with Crippen molar-refractivity contribution in [3.8, 4) is 0 Å². The summed E-state index contributed by atoms with van der Waals surface area (Å²) < 4.78 is 13.4. The van der Waals surface area contributed by atoms with Crippen LogP contribution in [0.2, 0.25) is 10.0 Å². The van der Waals surface area contributed by atoms with Crippen molar-refractivity contribution < 1.29 is 14.3 Å². The van der Waals surface area contributed by atoms with E-state index in [9.17, 15) is 9.18 Å². The summed E-state index contributed by atoms with van der Waals surface area (Å²) in [6.07, 6.45) is 0. The minimum Gasteiger partial charge on any atom is -0.478 e. The minimum absolute atomic E-state index is 0.193. The van der Waals surface area contributed by atoms with Crippen LogP contribution < -0.4 is 0 Å². The normalized spacial score (nSPS) is 10.2. The summed E-state index contributed by atoms with van der Waals surface area (Å²) in [4.78, 5) is 10.5. The van der Waals surface area contributed by atoms with E-state index in [1.807, 2.05) is 0 Å². The molecule has 13 heavy (non-hydrogen) atoms. The summed E-state index contributed by atoms with van der Waals surface area (Å²) in [6, 6.07) is 1.23. The van der Waals surface area contributed by atoms with Gasteiger partial charge in [-0.2, -0.15) is 0 Å². The summed E-state index contributed by atoms with van der Waals surface area (Å²) in [5, 5.41) is 8.08. The Kier molecular flexibility index (Phi) is 3.16. The molecule has 1 aromatic carbocycles. The lowest BCUT2D eigenvalue weighted by atomic mass is 10.2. The van der Waals surface area contributed by atoms with Crippen LogP contribution in [0, 0.1) is 5.82 Å². The number of hydrogen-bond acceptors (Lipinski definition) is 1. The maximum atomic E-state index is 13.1. The molecule has 0 aliphatic rings. The first-order valence-electron chi connectivity index (χ1n) is 3.01. The lowest BCUT2D eigenvalue weighted by Crippen LogP contribution is -2.02. The number of hydrogen-bond donors (Lipinski definition) is 1. The van der Waals surface area contributed by atoms with Crippen LogP contribution in [0.5, 0.6) is 0 Å². The Labute approximate surface area is 91.4 Å². The smallest absolute Gasteiger partial charge is 0.340 e. The van der Waals surface area contributed by atoms with Crippen molar-refractivity contribution in [2.24, 2.45) is 0 Å². The Balaban J connectivity index is 3.53. The fourth-order valence-corrected chi connectivity index (χ4v) is 1.72. The van der Waals surface area contributed by atoms with E-state index >= 15 is 0 Å². The summed E-state index contributed by atoms with van der Waals surface area (Å²) >= 11 is 13.9. The number of carboxylic acid groups (broad SMARTS) is 1. The molecule has 0 saturated heterocycles. The SMILES string of the molecule is O=C(O)c1c(Cl)cc(Br)c(Cl)c1F. The molecule has 0 heterocycles. The van der Waals surface area contributed by atoms with Gasteiger partial charge in [-0.3, -0.25) is 0 Å². The van der Waals surface area contributed by atoms with Gasteiger partial charge in [-0.1, -0.05) is 23.2 Å². The van der Waals surface area contributed by atoms with E-state index < -0.39 is 17.3 Å². The Morgan fingerprint density at radius 2 is 2.08 bits per heavy atom. The number of aromatic carboxylic acids is 1. The van der Waals surface area contributed by atoms with E-state index in [0.717, 1.165) is 0 Å². The van der Waals surface area contributed by atoms with Crippen LogP contribution in [0.25, 0.3) is 0 Å². The van der Waals surface area contributed by atoms with Gasteiger partial charge in [0, 0.05) is 4.47 Å². The average molecular weight is 288 g/mol. The van der Waals surface area contributed by atoms with Gasteiger partial charge in [0.15, 0.2) is 5.82 Å². The molecule has 0 atom stereocenters. The number of rotatable bonds is 1. The molecule has 2 nitrogen and oxygen atoms in total. The van der Waals surface area contributed by atoms with Gasteiger partial charge in [-0.25, -0.2) is 9.18 Å². The second kappa shape index (κ2) is 3.82. The topological polar surface area (TPSA) is 37.3 Å². The molecule has 1 rings (SSSR count). The van der Waals surface area contributed by atoms with Gasteiger partial charge < -0.3 is 5.11 Å². The minimum atomic E-state index is -1.45. The molecule has 0 aliphatic heterocycles. The highest BCUT2D eigenvalue weighted by Gasteiger charge is 2.20. The van der Waals surface area contributed by atoms with Gasteiger partial charge in [-0.15, -0.1) is 0 Å². The van der Waals surface area contributed by atoms with Crippen LogP contribution in [-0.4, -0.2) is 11.1 Å². The Morgan fingerprint density at radius 1 is 1.54 bits per heavy atom. The lowest BCUT2D eigenvalue weighted by molar-refractivity contribution is 0.0692. The number of benzene rings is 1. The van der Waals surface area contributed by atoms with E-state index in [1.165, 1.54) is 6.07 Å². The van der Waals surface area contributed by atoms with E-state index in [2.05, 4.69) is 15.9 Å². The molecule has 70 valence electrons. The molecule has 0 unspecified atom stereocenters. The zero-order valence-corrected chi connectivity index (χ0v) is 9.04. The third-order valence-corrected chi connectivity index (χ3v) is 2.85. The van der Waals surface area contributed by atoms with Gasteiger partial charge in [-0.05, 0) is 22.0 Å². The summed E-state index contributed by atoms with van der Waals surface area (Å²) in [6.45, 7) is 0. The number of carboxylic acids is 1. The van der Waals surface area contributed by atoms with Crippen LogP contribution >= 0.6 is 39.1 Å². The summed E-state index contributed by atoms with van der Waals surface area (Å²) in [5.74, 6) is -2.48. The maximum Gasteiger partial charge on any atom is 0.340 e. The molecular formula is C7H2BrCl2FO2. The van der Waals surface area contributed by atoms with Crippen LogP contribution in [0.4, 0.5) is 4.39 Å². The molecule has 1 aromatic rings. The second-order valence-corrected chi connectivity index (χ2v) is 3.79. The first kappa shape index (κ1) is 10.8. The highest BCUT2D eigenvalue weighted by Crippen LogP contribution is 2.32. The van der Waals surface area contributed by atoms with Gasteiger partial charge in [0.2, 0.25) is 0 Å². The van der Waals surface area contributed by atoms with Crippen molar-refractivity contribution >= 4 is 45.1 Å².